The van der Waals surface area contributed by atoms with Crippen LogP contribution < -0.4 is 10.6 Å². The fourth-order valence-electron chi connectivity index (χ4n) is 1.61. The Balaban J connectivity index is 2.21. The van der Waals surface area contributed by atoms with Gasteiger partial charge in [0.15, 0.2) is 0 Å². The standard InChI is InChI=1S/C18H22N4O2/c1-15(10-11-19-2)14-22-18(24)21-13-12-20-17(23)9-8-16-6-4-3-5-7-16/h3-7,11,14-15H,10,12-13H2,1-2H3,(H,20,23)(H,21,24). The van der Waals surface area contributed by atoms with Crippen molar-refractivity contribution in [3.8, 4) is 11.8 Å². The smallest absolute Gasteiger partial charge is 0.340 e. The van der Waals surface area contributed by atoms with E-state index in [2.05, 4.69) is 32.5 Å². The summed E-state index contributed by atoms with van der Waals surface area (Å²) < 4.78 is 0. The number of rotatable bonds is 6. The molecule has 0 aliphatic carbocycles. The van der Waals surface area contributed by atoms with Crippen LogP contribution in [0.25, 0.3) is 0 Å². The second-order valence-corrected chi connectivity index (χ2v) is 5.04. The van der Waals surface area contributed by atoms with Gasteiger partial charge in [0.2, 0.25) is 0 Å². The molecule has 1 rings (SSSR count). The van der Waals surface area contributed by atoms with E-state index in [1.165, 1.54) is 0 Å². The molecule has 126 valence electrons. The van der Waals surface area contributed by atoms with Crippen molar-refractivity contribution in [1.82, 2.24) is 10.6 Å². The molecule has 6 nitrogen and oxygen atoms in total. The van der Waals surface area contributed by atoms with E-state index in [4.69, 9.17) is 0 Å². The van der Waals surface area contributed by atoms with Crippen LogP contribution >= 0.6 is 0 Å². The van der Waals surface area contributed by atoms with E-state index in [0.717, 1.165) is 12.0 Å². The Labute approximate surface area is 142 Å². The average molecular weight is 326 g/mol. The zero-order valence-electron chi connectivity index (χ0n) is 14.0. The summed E-state index contributed by atoms with van der Waals surface area (Å²) in [6.45, 7) is 2.53. The molecule has 0 fully saturated rings. The summed E-state index contributed by atoms with van der Waals surface area (Å²) in [7, 11) is 1.70. The van der Waals surface area contributed by atoms with Crippen LogP contribution in [0.3, 0.4) is 0 Å². The number of nitrogens with one attached hydrogen (secondary N) is 2. The van der Waals surface area contributed by atoms with Crippen molar-refractivity contribution in [2.75, 3.05) is 20.1 Å². The first-order chi connectivity index (χ1) is 11.6. The van der Waals surface area contributed by atoms with Gasteiger partial charge in [-0.25, -0.2) is 9.79 Å². The SMILES string of the molecule is CN=CCC(C)C=NC(=O)NCCNC(=O)C#Cc1ccccc1. The van der Waals surface area contributed by atoms with Crippen molar-refractivity contribution in [1.29, 1.82) is 0 Å². The van der Waals surface area contributed by atoms with Gasteiger partial charge < -0.3 is 15.6 Å². The maximum atomic E-state index is 11.5. The normalized spacial score (nSPS) is 11.8. The summed E-state index contributed by atoms with van der Waals surface area (Å²) in [6, 6.07) is 8.81. The van der Waals surface area contributed by atoms with E-state index in [1.807, 2.05) is 37.3 Å². The van der Waals surface area contributed by atoms with E-state index in [-0.39, 0.29) is 11.8 Å². The van der Waals surface area contributed by atoms with Gasteiger partial charge in [0.1, 0.15) is 0 Å². The Bertz CT molecular complexity index is 642. The first-order valence-corrected chi connectivity index (χ1v) is 7.69. The van der Waals surface area contributed by atoms with Crippen LogP contribution in [0.1, 0.15) is 18.9 Å². The molecule has 0 aromatic heterocycles. The summed E-state index contributed by atoms with van der Waals surface area (Å²) in [5.74, 6) is 5.01. The van der Waals surface area contributed by atoms with Crippen molar-refractivity contribution in [3.63, 3.8) is 0 Å². The number of amides is 3. The number of carbonyl (C=O) groups is 2. The monoisotopic (exact) mass is 326 g/mol. The number of aliphatic imine (C=N–C) groups is 2. The van der Waals surface area contributed by atoms with Gasteiger partial charge in [0.05, 0.1) is 0 Å². The summed E-state index contributed by atoms with van der Waals surface area (Å²) in [4.78, 5) is 30.7. The van der Waals surface area contributed by atoms with Gasteiger partial charge in [-0.1, -0.05) is 31.0 Å². The fourth-order valence-corrected chi connectivity index (χ4v) is 1.61. The van der Waals surface area contributed by atoms with Gasteiger partial charge in [0, 0.05) is 37.8 Å². The van der Waals surface area contributed by atoms with Crippen molar-refractivity contribution >= 4 is 24.4 Å². The maximum absolute atomic E-state index is 11.5. The van der Waals surface area contributed by atoms with Crippen molar-refractivity contribution < 1.29 is 9.59 Å². The highest BCUT2D eigenvalue weighted by Gasteiger charge is 2.00. The highest BCUT2D eigenvalue weighted by atomic mass is 16.2. The molecule has 0 aliphatic heterocycles. The van der Waals surface area contributed by atoms with Gasteiger partial charge in [-0.2, -0.15) is 0 Å². The Morgan fingerprint density at radius 2 is 1.92 bits per heavy atom. The van der Waals surface area contributed by atoms with E-state index in [9.17, 15) is 9.59 Å². The average Bonchev–Trinajstić information content (AvgIpc) is 2.61. The number of urea groups is 1. The van der Waals surface area contributed by atoms with Gasteiger partial charge in [-0.15, -0.1) is 0 Å². The lowest BCUT2D eigenvalue weighted by atomic mass is 10.1. The van der Waals surface area contributed by atoms with Crippen LogP contribution in [-0.2, 0) is 4.79 Å². The predicted octanol–water partition coefficient (Wildman–Crippen LogP) is 1.66. The third-order valence-corrected chi connectivity index (χ3v) is 2.89. The summed E-state index contributed by atoms with van der Waals surface area (Å²) >= 11 is 0. The van der Waals surface area contributed by atoms with E-state index >= 15 is 0 Å². The lowest BCUT2D eigenvalue weighted by Crippen LogP contribution is -2.33. The molecular formula is C18H22N4O2. The van der Waals surface area contributed by atoms with E-state index < -0.39 is 6.03 Å². The van der Waals surface area contributed by atoms with Gasteiger partial charge >= 0.3 is 6.03 Å². The fraction of sp³-hybridized carbons (Fsp3) is 0.333. The van der Waals surface area contributed by atoms with Crippen LogP contribution in [0.5, 0.6) is 0 Å². The van der Waals surface area contributed by atoms with Crippen LogP contribution in [0.2, 0.25) is 0 Å². The Morgan fingerprint density at radius 1 is 1.21 bits per heavy atom. The van der Waals surface area contributed by atoms with E-state index in [1.54, 1.807) is 19.5 Å². The van der Waals surface area contributed by atoms with Crippen molar-refractivity contribution in [2.24, 2.45) is 15.9 Å². The second-order valence-electron chi connectivity index (χ2n) is 5.04. The van der Waals surface area contributed by atoms with Gasteiger partial charge in [-0.3, -0.25) is 4.79 Å². The van der Waals surface area contributed by atoms with Crippen LogP contribution in [-0.4, -0.2) is 44.5 Å². The molecule has 1 atom stereocenters. The summed E-state index contributed by atoms with van der Waals surface area (Å²) in [6.07, 6.45) is 4.10. The number of hydrogen-bond donors (Lipinski definition) is 2. The minimum Gasteiger partial charge on any atom is -0.343 e. The molecule has 0 aliphatic rings. The number of nitrogens with zero attached hydrogens (tertiary/aromatic N) is 2. The molecule has 0 bridgehead atoms. The number of hydrogen-bond acceptors (Lipinski definition) is 3. The lowest BCUT2D eigenvalue weighted by molar-refractivity contribution is -0.115. The quantitative estimate of drug-likeness (QED) is 0.473. The van der Waals surface area contributed by atoms with Crippen LogP contribution in [0.15, 0.2) is 40.3 Å². The Morgan fingerprint density at radius 3 is 2.62 bits per heavy atom. The summed E-state index contributed by atoms with van der Waals surface area (Å²) in [5.41, 5.74) is 0.775. The van der Waals surface area contributed by atoms with Crippen LogP contribution in [0.4, 0.5) is 4.79 Å². The third-order valence-electron chi connectivity index (χ3n) is 2.89. The van der Waals surface area contributed by atoms with Crippen LogP contribution in [0, 0.1) is 17.8 Å². The van der Waals surface area contributed by atoms with Crippen molar-refractivity contribution in [3.05, 3.63) is 35.9 Å². The number of benzene rings is 1. The van der Waals surface area contributed by atoms with Gasteiger partial charge in [-0.05, 0) is 30.7 Å². The molecule has 0 radical (unpaired) electrons. The first kappa shape index (κ1) is 19.1. The lowest BCUT2D eigenvalue weighted by Gasteiger charge is -2.03. The molecule has 1 unspecified atom stereocenters. The molecule has 3 amide bonds. The highest BCUT2D eigenvalue weighted by Crippen LogP contribution is 1.95. The van der Waals surface area contributed by atoms with Crippen molar-refractivity contribution in [2.45, 2.75) is 13.3 Å². The molecule has 24 heavy (non-hydrogen) atoms. The molecule has 2 N–H and O–H groups in total. The minimum absolute atomic E-state index is 0.146. The molecule has 1 aromatic carbocycles. The third kappa shape index (κ3) is 9.15. The molecular weight excluding hydrogens is 304 g/mol. The minimum atomic E-state index is -0.431. The molecule has 0 heterocycles. The zero-order valence-corrected chi connectivity index (χ0v) is 14.0. The Hall–Kier alpha value is -2.94. The van der Waals surface area contributed by atoms with Gasteiger partial charge in [0.25, 0.3) is 5.91 Å². The summed E-state index contributed by atoms with van der Waals surface area (Å²) in [5, 5.41) is 5.19. The maximum Gasteiger partial charge on any atom is 0.340 e. The first-order valence-electron chi connectivity index (χ1n) is 7.69. The molecule has 0 saturated heterocycles. The topological polar surface area (TPSA) is 82.9 Å². The highest BCUT2D eigenvalue weighted by molar-refractivity contribution is 5.94. The largest absolute Gasteiger partial charge is 0.343 e. The molecule has 6 heteroatoms. The second kappa shape index (κ2) is 11.6. The Kier molecular flexibility index (Phi) is 9.24. The predicted molar refractivity (Wildman–Crippen MR) is 96.4 cm³/mol. The number of carbonyl (C=O) groups excluding carboxylic acids is 2. The zero-order chi connectivity index (χ0) is 17.6. The molecule has 1 aromatic rings. The van der Waals surface area contributed by atoms with E-state index in [0.29, 0.717) is 13.1 Å². The molecule has 0 saturated carbocycles. The molecule has 0 spiro atoms.